The lowest BCUT2D eigenvalue weighted by molar-refractivity contribution is 0.0504. The van der Waals surface area contributed by atoms with Gasteiger partial charge in [-0.3, -0.25) is 4.90 Å². The minimum Gasteiger partial charge on any atom is -0.381 e. The highest BCUT2D eigenvalue weighted by Crippen LogP contribution is 2.28. The molecule has 1 aromatic heterocycles. The summed E-state index contributed by atoms with van der Waals surface area (Å²) in [4.78, 5) is 19.6. The van der Waals surface area contributed by atoms with Crippen LogP contribution < -0.4 is 0 Å². The van der Waals surface area contributed by atoms with Crippen LogP contribution in [0.2, 0.25) is 0 Å². The summed E-state index contributed by atoms with van der Waals surface area (Å²) >= 11 is 0. The number of aryl methyl sites for hydroxylation is 1. The first-order chi connectivity index (χ1) is 13.2. The van der Waals surface area contributed by atoms with E-state index in [0.29, 0.717) is 12.1 Å². The SMILES string of the molecule is Cn1cc(CN2CCN3C(=O)N(C4CCOCC4)C[C@H]3C2)c2ccccc21. The first-order valence-corrected chi connectivity index (χ1v) is 10.1. The number of benzene rings is 1. The van der Waals surface area contributed by atoms with E-state index in [1.165, 1.54) is 16.5 Å². The smallest absolute Gasteiger partial charge is 0.320 e. The van der Waals surface area contributed by atoms with Crippen molar-refractivity contribution in [1.29, 1.82) is 0 Å². The molecule has 0 bridgehead atoms. The molecule has 4 heterocycles. The van der Waals surface area contributed by atoms with Crippen molar-refractivity contribution in [1.82, 2.24) is 19.3 Å². The molecule has 0 saturated carbocycles. The van der Waals surface area contributed by atoms with Crippen molar-refractivity contribution in [2.24, 2.45) is 7.05 Å². The van der Waals surface area contributed by atoms with Crippen LogP contribution in [0.25, 0.3) is 10.9 Å². The Morgan fingerprint density at radius 1 is 1.04 bits per heavy atom. The number of urea groups is 1. The molecule has 0 radical (unpaired) electrons. The van der Waals surface area contributed by atoms with Gasteiger partial charge in [-0.1, -0.05) is 18.2 Å². The van der Waals surface area contributed by atoms with Crippen LogP contribution in [0.15, 0.2) is 30.5 Å². The van der Waals surface area contributed by atoms with Crippen LogP contribution in [0.1, 0.15) is 18.4 Å². The third-order valence-corrected chi connectivity index (χ3v) is 6.47. The van der Waals surface area contributed by atoms with Crippen molar-refractivity contribution < 1.29 is 9.53 Å². The van der Waals surface area contributed by atoms with Gasteiger partial charge in [0, 0.05) is 76.1 Å². The summed E-state index contributed by atoms with van der Waals surface area (Å²) in [6.07, 6.45) is 4.21. The molecule has 3 aliphatic heterocycles. The first kappa shape index (κ1) is 17.1. The molecule has 6 nitrogen and oxygen atoms in total. The van der Waals surface area contributed by atoms with Crippen LogP contribution in [0.3, 0.4) is 0 Å². The minimum absolute atomic E-state index is 0.247. The van der Waals surface area contributed by atoms with Gasteiger partial charge in [0.05, 0.1) is 6.04 Å². The fourth-order valence-corrected chi connectivity index (χ4v) is 5.04. The Morgan fingerprint density at radius 3 is 2.70 bits per heavy atom. The van der Waals surface area contributed by atoms with Crippen LogP contribution in [-0.4, -0.2) is 76.8 Å². The van der Waals surface area contributed by atoms with E-state index in [0.717, 1.165) is 58.8 Å². The van der Waals surface area contributed by atoms with Gasteiger partial charge in [-0.25, -0.2) is 4.79 Å². The van der Waals surface area contributed by atoms with E-state index in [4.69, 9.17) is 4.74 Å². The number of hydrogen-bond donors (Lipinski definition) is 0. The Hall–Kier alpha value is -2.05. The quantitative estimate of drug-likeness (QED) is 0.835. The molecule has 0 aliphatic carbocycles. The largest absolute Gasteiger partial charge is 0.381 e. The van der Waals surface area contributed by atoms with E-state index in [9.17, 15) is 4.79 Å². The lowest BCUT2D eigenvalue weighted by Crippen LogP contribution is -2.51. The van der Waals surface area contributed by atoms with Crippen LogP contribution in [0, 0.1) is 0 Å². The highest BCUT2D eigenvalue weighted by Gasteiger charge is 2.43. The monoisotopic (exact) mass is 368 g/mol. The predicted octanol–water partition coefficient (Wildman–Crippen LogP) is 2.28. The van der Waals surface area contributed by atoms with Crippen LogP contribution in [-0.2, 0) is 18.3 Å². The summed E-state index contributed by atoms with van der Waals surface area (Å²) in [6.45, 7) is 6.15. The van der Waals surface area contributed by atoms with E-state index in [1.807, 2.05) is 0 Å². The molecule has 3 saturated heterocycles. The first-order valence-electron chi connectivity index (χ1n) is 10.1. The number of piperazine rings is 1. The Morgan fingerprint density at radius 2 is 1.85 bits per heavy atom. The van der Waals surface area contributed by atoms with E-state index < -0.39 is 0 Å². The molecule has 2 amide bonds. The number of rotatable bonds is 3. The zero-order chi connectivity index (χ0) is 18.4. The molecule has 27 heavy (non-hydrogen) atoms. The van der Waals surface area contributed by atoms with E-state index >= 15 is 0 Å². The molecular weight excluding hydrogens is 340 g/mol. The Kier molecular flexibility index (Phi) is 4.32. The van der Waals surface area contributed by atoms with E-state index in [2.05, 4.69) is 56.8 Å². The zero-order valence-corrected chi connectivity index (χ0v) is 16.0. The van der Waals surface area contributed by atoms with Gasteiger partial charge in [0.1, 0.15) is 0 Å². The van der Waals surface area contributed by atoms with Gasteiger partial charge in [-0.15, -0.1) is 0 Å². The maximum Gasteiger partial charge on any atom is 0.320 e. The fourth-order valence-electron chi connectivity index (χ4n) is 5.04. The summed E-state index contributed by atoms with van der Waals surface area (Å²) in [5, 5.41) is 1.34. The van der Waals surface area contributed by atoms with Crippen molar-refractivity contribution >= 4 is 16.9 Å². The van der Waals surface area contributed by atoms with E-state index in [-0.39, 0.29) is 6.03 Å². The van der Waals surface area contributed by atoms with Gasteiger partial charge in [-0.05, 0) is 24.5 Å². The molecule has 6 heteroatoms. The Balaban J connectivity index is 1.29. The molecule has 3 fully saturated rings. The number of fused-ring (bicyclic) bond motifs is 2. The summed E-state index contributed by atoms with van der Waals surface area (Å²) in [5.74, 6) is 0. The average Bonchev–Trinajstić information content (AvgIpc) is 3.20. The summed E-state index contributed by atoms with van der Waals surface area (Å²) in [6, 6.07) is 9.54. The molecule has 0 spiro atoms. The summed E-state index contributed by atoms with van der Waals surface area (Å²) < 4.78 is 7.69. The molecule has 3 aliphatic rings. The van der Waals surface area contributed by atoms with Crippen molar-refractivity contribution in [2.75, 3.05) is 39.4 Å². The van der Waals surface area contributed by atoms with Crippen molar-refractivity contribution in [3.63, 3.8) is 0 Å². The Bertz CT molecular complexity index is 842. The molecular formula is C21H28N4O2. The number of para-hydroxylation sites is 1. The van der Waals surface area contributed by atoms with Crippen molar-refractivity contribution in [3.8, 4) is 0 Å². The van der Waals surface area contributed by atoms with Crippen molar-refractivity contribution in [3.05, 3.63) is 36.0 Å². The summed E-state index contributed by atoms with van der Waals surface area (Å²) in [5.41, 5.74) is 2.67. The standard InChI is InChI=1S/C21H28N4O2/c1-22-12-16(19-4-2-3-5-20(19)22)13-23-8-9-24-18(14-23)15-25(21(24)26)17-6-10-27-11-7-17/h2-5,12,17-18H,6-11,13-15H2,1H3/t18-/m1/s1. The third-order valence-electron chi connectivity index (χ3n) is 6.47. The van der Waals surface area contributed by atoms with Crippen molar-refractivity contribution in [2.45, 2.75) is 31.5 Å². The molecule has 1 atom stereocenters. The number of ether oxygens (including phenoxy) is 1. The van der Waals surface area contributed by atoms with Gasteiger partial charge < -0.3 is 19.1 Å². The molecule has 0 N–H and O–H groups in total. The second kappa shape index (κ2) is 6.84. The third kappa shape index (κ3) is 3.01. The van der Waals surface area contributed by atoms with Gasteiger partial charge >= 0.3 is 6.03 Å². The molecule has 5 rings (SSSR count). The lowest BCUT2D eigenvalue weighted by Gasteiger charge is -2.36. The van der Waals surface area contributed by atoms with Crippen LogP contribution >= 0.6 is 0 Å². The molecule has 0 unspecified atom stereocenters. The molecule has 2 aromatic rings. The van der Waals surface area contributed by atoms with E-state index in [1.54, 1.807) is 0 Å². The second-order valence-corrected chi connectivity index (χ2v) is 8.14. The Labute approximate surface area is 160 Å². The highest BCUT2D eigenvalue weighted by molar-refractivity contribution is 5.83. The molecule has 144 valence electrons. The number of carbonyl (C=O) groups is 1. The average molecular weight is 368 g/mol. The summed E-state index contributed by atoms with van der Waals surface area (Å²) in [7, 11) is 2.12. The highest BCUT2D eigenvalue weighted by atomic mass is 16.5. The normalized spacial score (nSPS) is 24.8. The van der Waals surface area contributed by atoms with Gasteiger partial charge in [0.25, 0.3) is 0 Å². The molecule has 1 aromatic carbocycles. The maximum absolute atomic E-state index is 12.9. The zero-order valence-electron chi connectivity index (χ0n) is 16.0. The number of hydrogen-bond acceptors (Lipinski definition) is 3. The van der Waals surface area contributed by atoms with Gasteiger partial charge in [0.15, 0.2) is 0 Å². The number of amides is 2. The fraction of sp³-hybridized carbons (Fsp3) is 0.571. The minimum atomic E-state index is 0.247. The van der Waals surface area contributed by atoms with Gasteiger partial charge in [-0.2, -0.15) is 0 Å². The van der Waals surface area contributed by atoms with Crippen LogP contribution in [0.5, 0.6) is 0 Å². The number of aromatic nitrogens is 1. The van der Waals surface area contributed by atoms with Gasteiger partial charge in [0.2, 0.25) is 0 Å². The maximum atomic E-state index is 12.9. The lowest BCUT2D eigenvalue weighted by atomic mass is 10.1. The van der Waals surface area contributed by atoms with Crippen LogP contribution in [0.4, 0.5) is 4.79 Å². The topological polar surface area (TPSA) is 41.0 Å². The predicted molar refractivity (Wildman–Crippen MR) is 105 cm³/mol. The number of nitrogens with zero attached hydrogens (tertiary/aromatic N) is 4. The second-order valence-electron chi connectivity index (χ2n) is 8.14. The number of carbonyl (C=O) groups excluding carboxylic acids is 1.